The maximum atomic E-state index is 14.2. The van der Waals surface area contributed by atoms with Crippen LogP contribution in [0.25, 0.3) is 22.3 Å². The summed E-state index contributed by atoms with van der Waals surface area (Å²) < 4.78 is 14.2. The lowest BCUT2D eigenvalue weighted by molar-refractivity contribution is 0.608. The van der Waals surface area contributed by atoms with Crippen LogP contribution in [0.1, 0.15) is 31.4 Å². The van der Waals surface area contributed by atoms with E-state index < -0.39 is 0 Å². The van der Waals surface area contributed by atoms with Crippen molar-refractivity contribution in [2.75, 3.05) is 0 Å². The van der Waals surface area contributed by atoms with Crippen LogP contribution in [0.15, 0.2) is 66.7 Å². The van der Waals surface area contributed by atoms with Gasteiger partial charge in [-0.15, -0.1) is 5.92 Å². The molecule has 124 valence electrons. The minimum Gasteiger partial charge on any atom is -0.207 e. The van der Waals surface area contributed by atoms with Gasteiger partial charge in [0.05, 0.1) is 0 Å². The van der Waals surface area contributed by atoms with Gasteiger partial charge in [0.25, 0.3) is 0 Å². The smallest absolute Gasteiger partial charge is 0.127 e. The van der Waals surface area contributed by atoms with Gasteiger partial charge in [0.15, 0.2) is 0 Å². The van der Waals surface area contributed by atoms with Gasteiger partial charge in [0, 0.05) is 5.56 Å². The molecule has 1 heteroatoms. The summed E-state index contributed by atoms with van der Waals surface area (Å²) in [7, 11) is 0. The largest absolute Gasteiger partial charge is 0.207 e. The number of halogens is 1. The van der Waals surface area contributed by atoms with E-state index in [1.807, 2.05) is 43.3 Å². The zero-order valence-corrected chi connectivity index (χ0v) is 14.6. The van der Waals surface area contributed by atoms with E-state index in [4.69, 9.17) is 0 Å². The van der Waals surface area contributed by atoms with E-state index in [0.29, 0.717) is 0 Å². The van der Waals surface area contributed by atoms with Crippen LogP contribution in [0.3, 0.4) is 0 Å². The summed E-state index contributed by atoms with van der Waals surface area (Å²) in [4.78, 5) is 0. The Bertz CT molecular complexity index is 907. The molecule has 0 N–H and O–H groups in total. The number of aryl methyl sites for hydroxylation is 1. The van der Waals surface area contributed by atoms with Crippen molar-refractivity contribution < 1.29 is 4.39 Å². The van der Waals surface area contributed by atoms with E-state index in [9.17, 15) is 4.39 Å². The van der Waals surface area contributed by atoms with E-state index in [1.165, 1.54) is 0 Å². The van der Waals surface area contributed by atoms with Gasteiger partial charge in [-0.25, -0.2) is 4.39 Å². The van der Waals surface area contributed by atoms with Crippen LogP contribution in [-0.4, -0.2) is 0 Å². The summed E-state index contributed by atoms with van der Waals surface area (Å²) in [6, 6.07) is 22.0. The molecule has 0 aliphatic rings. The number of benzene rings is 3. The summed E-state index contributed by atoms with van der Waals surface area (Å²) in [5.41, 5.74) is 6.04. The minimum absolute atomic E-state index is 0.115. The molecule has 0 spiro atoms. The lowest BCUT2D eigenvalue weighted by Gasteiger charge is -2.07. The zero-order valence-electron chi connectivity index (χ0n) is 14.6. The van der Waals surface area contributed by atoms with Crippen molar-refractivity contribution in [3.63, 3.8) is 0 Å². The monoisotopic (exact) mass is 328 g/mol. The van der Waals surface area contributed by atoms with Crippen molar-refractivity contribution >= 4 is 0 Å². The van der Waals surface area contributed by atoms with Crippen LogP contribution in [0.4, 0.5) is 4.39 Å². The highest BCUT2D eigenvalue weighted by atomic mass is 19.1. The molecule has 0 nitrogen and oxygen atoms in total. The van der Waals surface area contributed by atoms with Crippen LogP contribution in [0, 0.1) is 17.7 Å². The summed E-state index contributed by atoms with van der Waals surface area (Å²) >= 11 is 0. The maximum absolute atomic E-state index is 14.2. The average Bonchev–Trinajstić information content (AvgIpc) is 2.65. The Hall–Kier alpha value is -2.85. The molecule has 3 rings (SSSR count). The highest BCUT2D eigenvalue weighted by molar-refractivity contribution is 5.71. The third-order valence-electron chi connectivity index (χ3n) is 4.28. The third-order valence-corrected chi connectivity index (χ3v) is 4.28. The predicted octanol–water partition coefficient (Wildman–Crippen LogP) is 6.48. The topological polar surface area (TPSA) is 0 Å². The van der Waals surface area contributed by atoms with Crippen molar-refractivity contribution in [3.8, 4) is 34.1 Å². The van der Waals surface area contributed by atoms with Gasteiger partial charge in [-0.1, -0.05) is 67.8 Å². The zero-order chi connectivity index (χ0) is 17.6. The van der Waals surface area contributed by atoms with E-state index in [0.717, 1.165) is 46.2 Å². The minimum atomic E-state index is -0.115. The molecule has 0 aliphatic heterocycles. The molecule has 3 aromatic rings. The second-order valence-electron chi connectivity index (χ2n) is 6.09. The van der Waals surface area contributed by atoms with Gasteiger partial charge in [-0.05, 0) is 59.4 Å². The Morgan fingerprint density at radius 3 is 1.80 bits per heavy atom. The van der Waals surface area contributed by atoms with E-state index >= 15 is 0 Å². The SMILES string of the molecule is CC#Cc1ccc(-c2ccc(-c3ccc(CCC)c(F)c3)cc2)cc1. The Morgan fingerprint density at radius 1 is 0.760 bits per heavy atom. The predicted molar refractivity (Wildman–Crippen MR) is 104 cm³/mol. The van der Waals surface area contributed by atoms with Crippen molar-refractivity contribution in [2.45, 2.75) is 26.7 Å². The Kier molecular flexibility index (Phi) is 5.31. The normalized spacial score (nSPS) is 10.2. The van der Waals surface area contributed by atoms with Crippen LogP contribution in [0.2, 0.25) is 0 Å². The first-order chi connectivity index (χ1) is 12.2. The molecule has 0 atom stereocenters. The number of hydrogen-bond donors (Lipinski definition) is 0. The van der Waals surface area contributed by atoms with Gasteiger partial charge in [-0.3, -0.25) is 0 Å². The van der Waals surface area contributed by atoms with Crippen LogP contribution >= 0.6 is 0 Å². The van der Waals surface area contributed by atoms with Crippen LogP contribution in [-0.2, 0) is 6.42 Å². The molecule has 0 fully saturated rings. The van der Waals surface area contributed by atoms with Gasteiger partial charge < -0.3 is 0 Å². The summed E-state index contributed by atoms with van der Waals surface area (Å²) in [6.45, 7) is 3.90. The fraction of sp³-hybridized carbons (Fsp3) is 0.167. The molecule has 0 saturated carbocycles. The Balaban J connectivity index is 1.84. The number of rotatable bonds is 4. The molecule has 0 aromatic heterocycles. The lowest BCUT2D eigenvalue weighted by Crippen LogP contribution is -1.90. The van der Waals surface area contributed by atoms with Gasteiger partial charge in [-0.2, -0.15) is 0 Å². The van der Waals surface area contributed by atoms with Crippen molar-refractivity contribution in [1.82, 2.24) is 0 Å². The van der Waals surface area contributed by atoms with E-state index in [2.05, 4.69) is 43.0 Å². The molecular formula is C24H21F. The Morgan fingerprint density at radius 2 is 1.28 bits per heavy atom. The second kappa shape index (κ2) is 7.81. The quantitative estimate of drug-likeness (QED) is 0.481. The molecule has 25 heavy (non-hydrogen) atoms. The molecular weight excluding hydrogens is 307 g/mol. The summed E-state index contributed by atoms with van der Waals surface area (Å²) in [5.74, 6) is 5.84. The maximum Gasteiger partial charge on any atom is 0.127 e. The first-order valence-electron chi connectivity index (χ1n) is 8.63. The second-order valence-corrected chi connectivity index (χ2v) is 6.09. The highest BCUT2D eigenvalue weighted by Gasteiger charge is 2.05. The summed E-state index contributed by atoms with van der Waals surface area (Å²) in [5, 5.41) is 0. The van der Waals surface area contributed by atoms with E-state index in [-0.39, 0.29) is 5.82 Å². The first kappa shape index (κ1) is 17.0. The lowest BCUT2D eigenvalue weighted by atomic mass is 9.98. The average molecular weight is 328 g/mol. The van der Waals surface area contributed by atoms with Crippen molar-refractivity contribution in [2.24, 2.45) is 0 Å². The van der Waals surface area contributed by atoms with Gasteiger partial charge >= 0.3 is 0 Å². The van der Waals surface area contributed by atoms with Crippen LogP contribution < -0.4 is 0 Å². The number of hydrogen-bond acceptors (Lipinski definition) is 0. The van der Waals surface area contributed by atoms with Crippen molar-refractivity contribution in [3.05, 3.63) is 83.7 Å². The third kappa shape index (κ3) is 3.98. The standard InChI is InChI=1S/C24H21F/c1-3-5-18-7-9-19(10-8-18)20-11-13-21(14-12-20)23-16-15-22(6-4-2)24(25)17-23/h7-17H,4,6H2,1-2H3. The first-order valence-corrected chi connectivity index (χ1v) is 8.63. The molecule has 0 heterocycles. The Labute approximate surface area is 149 Å². The van der Waals surface area contributed by atoms with Crippen molar-refractivity contribution in [1.29, 1.82) is 0 Å². The molecule has 0 unspecified atom stereocenters. The van der Waals surface area contributed by atoms with Gasteiger partial charge in [0.2, 0.25) is 0 Å². The molecule has 0 bridgehead atoms. The fourth-order valence-corrected chi connectivity index (χ4v) is 2.94. The molecule has 0 aliphatic carbocycles. The molecule has 0 radical (unpaired) electrons. The van der Waals surface area contributed by atoms with Crippen LogP contribution in [0.5, 0.6) is 0 Å². The molecule has 0 saturated heterocycles. The van der Waals surface area contributed by atoms with E-state index in [1.54, 1.807) is 6.07 Å². The molecule has 3 aromatic carbocycles. The molecule has 0 amide bonds. The summed E-state index contributed by atoms with van der Waals surface area (Å²) in [6.07, 6.45) is 1.73. The highest BCUT2D eigenvalue weighted by Crippen LogP contribution is 2.26. The fourth-order valence-electron chi connectivity index (χ4n) is 2.94. The van der Waals surface area contributed by atoms with Gasteiger partial charge in [0.1, 0.15) is 5.82 Å².